The molecule has 0 N–H and O–H groups in total. The molecular weight excluding hydrogens is 432 g/mol. The first-order valence-corrected chi connectivity index (χ1v) is 0. The summed E-state index contributed by atoms with van der Waals surface area (Å²) < 4.78 is 0. The number of hydrogen-bond acceptors (Lipinski definition) is 0. The first kappa shape index (κ1) is 72.3. The maximum Gasteiger partial charge on any atom is 4.00 e. The summed E-state index contributed by atoms with van der Waals surface area (Å²) in [6, 6.07) is 0. The molecule has 0 saturated heterocycles. The van der Waals surface area contributed by atoms with Crippen molar-refractivity contribution in [3.63, 3.8) is 0 Å². The molecule has 0 aliphatic rings. The first-order valence-electron chi connectivity index (χ1n) is 0. The van der Waals surface area contributed by atoms with Gasteiger partial charge in [0.25, 0.3) is 0 Å². The second-order valence-electron chi connectivity index (χ2n) is 0. The fraction of sp³-hybridized carbons (Fsp3) is 0. The number of halogens is 5. The molecule has 0 amide bonds. The van der Waals surface area contributed by atoms with Crippen LogP contribution >= 0.6 is 0 Å². The summed E-state index contributed by atoms with van der Waals surface area (Å²) in [5.41, 5.74) is 0. The minimum absolute atomic E-state index is 0. The van der Waals surface area contributed by atoms with E-state index in [1.54, 1.807) is 0 Å². The molecule has 0 aliphatic carbocycles. The average Bonchev–Trinajstić information content (AvgIpc) is 0. The van der Waals surface area contributed by atoms with Crippen LogP contribution in [0.1, 0.15) is 0 Å². The van der Waals surface area contributed by atoms with E-state index >= 15 is 0 Å². The van der Waals surface area contributed by atoms with Gasteiger partial charge >= 0.3 is 69.5 Å². The van der Waals surface area contributed by atoms with Crippen molar-refractivity contribution in [1.82, 2.24) is 0 Å². The van der Waals surface area contributed by atoms with Crippen molar-refractivity contribution in [2.45, 2.75) is 0 Å². The fourth-order valence-electron chi connectivity index (χ4n) is 0. The van der Waals surface area contributed by atoms with E-state index in [1.165, 1.54) is 0 Å². The molecule has 0 atom stereocenters. The van der Waals surface area contributed by atoms with Crippen molar-refractivity contribution in [2.24, 2.45) is 0 Å². The average molecular weight is 432 g/mol. The summed E-state index contributed by atoms with van der Waals surface area (Å²) in [4.78, 5) is 0. The van der Waals surface area contributed by atoms with Gasteiger partial charge < -0.3 is 62.0 Å². The molecule has 0 aromatic heterocycles. The van der Waals surface area contributed by atoms with Gasteiger partial charge in [0.05, 0.1) is 0 Å². The van der Waals surface area contributed by atoms with E-state index in [2.05, 4.69) is 0 Å². The quantitative estimate of drug-likeness (QED) is 0.334. The molecule has 0 unspecified atom stereocenters. The van der Waals surface area contributed by atoms with Gasteiger partial charge in [-0.15, -0.1) is 0 Å². The molecule has 0 aliphatic heterocycles. The molecule has 0 aromatic carbocycles. The van der Waals surface area contributed by atoms with Gasteiger partial charge in [-0.05, 0) is 0 Å². The van der Waals surface area contributed by atoms with Gasteiger partial charge in [-0.3, -0.25) is 0 Å². The van der Waals surface area contributed by atoms with Crippen LogP contribution in [0.5, 0.6) is 0 Å². The third-order valence-corrected chi connectivity index (χ3v) is 0. The summed E-state index contributed by atoms with van der Waals surface area (Å²) in [6.45, 7) is 0. The summed E-state index contributed by atoms with van der Waals surface area (Å²) >= 11 is 0. The molecule has 0 bridgehead atoms. The van der Waals surface area contributed by atoms with Crippen molar-refractivity contribution in [2.75, 3.05) is 0 Å². The van der Waals surface area contributed by atoms with Gasteiger partial charge in [-0.2, -0.15) is 0 Å². The van der Waals surface area contributed by atoms with Crippen molar-refractivity contribution in [3.05, 3.63) is 0 Å². The van der Waals surface area contributed by atoms with E-state index in [0.717, 1.165) is 0 Å². The van der Waals surface area contributed by atoms with Crippen molar-refractivity contribution in [3.8, 4) is 0 Å². The second kappa shape index (κ2) is 52.8. The Bertz CT molecular complexity index is 8.04. The molecule has 7 heavy (non-hydrogen) atoms. The maximum absolute atomic E-state index is 0. The predicted octanol–water partition coefficient (Wildman–Crippen LogP) is -18.0. The van der Waals surface area contributed by atoms with E-state index in [4.69, 9.17) is 0 Å². The fourth-order valence-corrected chi connectivity index (χ4v) is 0. The molecule has 40 valence electrons. The van der Waals surface area contributed by atoms with Crippen LogP contribution in [-0.4, -0.2) is 0 Å². The zero-order valence-electron chi connectivity index (χ0n) is 3.39. The largest absolute Gasteiger partial charge is 4.00 e. The third-order valence-electron chi connectivity index (χ3n) is 0. The molecule has 0 radical (unpaired) electrons. The van der Waals surface area contributed by atoms with Crippen LogP contribution < -0.4 is 91.6 Å². The maximum atomic E-state index is 0. The van der Waals surface area contributed by atoms with Crippen molar-refractivity contribution >= 4 is 0 Å². The summed E-state index contributed by atoms with van der Waals surface area (Å²) in [7, 11) is 0. The van der Waals surface area contributed by atoms with Crippen LogP contribution in [-0.2, 0) is 0 Å². The van der Waals surface area contributed by atoms with E-state index in [9.17, 15) is 0 Å². The molecule has 0 saturated carbocycles. The Morgan fingerprint density at radius 3 is 0.429 bits per heavy atom. The Hall–Kier alpha value is 3.77. The number of hydrogen-bond donors (Lipinski definition) is 0. The Morgan fingerprint density at radius 2 is 0.429 bits per heavy atom. The molecule has 0 aromatic rings. The van der Waals surface area contributed by atoms with E-state index < -0.39 is 0 Å². The Kier molecular flexibility index (Phi) is 545. The summed E-state index contributed by atoms with van der Waals surface area (Å²) in [5.74, 6) is 0. The molecule has 0 spiro atoms. The topological polar surface area (TPSA) is 0 Å². The minimum atomic E-state index is 0. The zero-order chi connectivity index (χ0) is 0. The van der Waals surface area contributed by atoms with Crippen molar-refractivity contribution < 1.29 is 132 Å². The summed E-state index contributed by atoms with van der Waals surface area (Å²) in [6.07, 6.45) is 0. The van der Waals surface area contributed by atoms with Crippen LogP contribution in [0.2, 0.25) is 0 Å². The van der Waals surface area contributed by atoms with Crippen LogP contribution in [0.4, 0.5) is 0 Å². The Balaban J connectivity index is 0. The first-order chi connectivity index (χ1) is 0. The smallest absolute Gasteiger partial charge is 1.00 e. The molecule has 7 heteroatoms. The normalized spacial score (nSPS) is 0. The van der Waals surface area contributed by atoms with E-state index in [-0.39, 0.29) is 132 Å². The molecule has 0 rings (SSSR count). The minimum Gasteiger partial charge on any atom is -1.00 e. The van der Waals surface area contributed by atoms with Gasteiger partial charge in [0.15, 0.2) is 0 Å². The monoisotopic (exact) mass is 430 g/mol. The van der Waals surface area contributed by atoms with E-state index in [1.807, 2.05) is 0 Å². The standard InChI is InChI=1S/5ClH.Na.Th/h5*1H;;/q;;;;;+1;+4/p-5. The second-order valence-corrected chi connectivity index (χ2v) is 0. The Labute approximate surface area is 129 Å². The summed E-state index contributed by atoms with van der Waals surface area (Å²) in [5, 5.41) is 0. The van der Waals surface area contributed by atoms with Crippen LogP contribution in [0.25, 0.3) is 0 Å². The molecule has 0 fully saturated rings. The predicted molar refractivity (Wildman–Crippen MR) is 0 cm³/mol. The number of rotatable bonds is 0. The van der Waals surface area contributed by atoms with Gasteiger partial charge in [-0.25, -0.2) is 0 Å². The molecule has 0 heterocycles. The zero-order valence-corrected chi connectivity index (χ0v) is 13.3. The van der Waals surface area contributed by atoms with E-state index in [0.29, 0.717) is 0 Å². The SMILES string of the molecule is [Cl-].[Cl-].[Cl-].[Cl-].[Cl-].[Na+].[Th+4]. The molecular formula is Cl5NaTh. The van der Waals surface area contributed by atoms with Crippen molar-refractivity contribution in [1.29, 1.82) is 0 Å². The third kappa shape index (κ3) is 41.5. The Morgan fingerprint density at radius 1 is 0.429 bits per heavy atom. The van der Waals surface area contributed by atoms with Gasteiger partial charge in [-0.1, -0.05) is 0 Å². The van der Waals surface area contributed by atoms with Crippen LogP contribution in [0.3, 0.4) is 0 Å². The molecule has 0 nitrogen and oxygen atoms in total. The van der Waals surface area contributed by atoms with Crippen LogP contribution in [0, 0.1) is 39.9 Å². The van der Waals surface area contributed by atoms with Crippen LogP contribution in [0.15, 0.2) is 0 Å². The van der Waals surface area contributed by atoms with Gasteiger partial charge in [0.1, 0.15) is 0 Å². The van der Waals surface area contributed by atoms with Gasteiger partial charge in [0, 0.05) is 0 Å². The van der Waals surface area contributed by atoms with Gasteiger partial charge in [0.2, 0.25) is 0 Å².